The third-order valence-corrected chi connectivity index (χ3v) is 6.09. The molecule has 0 saturated carbocycles. The molecule has 3 aromatic rings. The Bertz CT molecular complexity index is 985. The number of pyridine rings is 1. The van der Waals surface area contributed by atoms with Crippen molar-refractivity contribution in [3.8, 4) is 11.4 Å². The first-order chi connectivity index (χ1) is 13.5. The fourth-order valence-corrected chi connectivity index (χ4v) is 4.16. The van der Waals surface area contributed by atoms with Crippen LogP contribution < -0.4 is 5.32 Å². The fourth-order valence-electron chi connectivity index (χ4n) is 2.45. The van der Waals surface area contributed by atoms with Gasteiger partial charge in [-0.3, -0.25) is 9.78 Å². The number of hydrogen-bond donors (Lipinski definition) is 1. The van der Waals surface area contributed by atoms with Crippen LogP contribution in [-0.4, -0.2) is 44.5 Å². The SMILES string of the molecule is CCc1cc(C(=O)OC)c(NC(=O)CSc2nnc(-c3cccnc3)n2C)s1. The van der Waals surface area contributed by atoms with Gasteiger partial charge in [0.25, 0.3) is 0 Å². The number of esters is 1. The van der Waals surface area contributed by atoms with E-state index in [2.05, 4.69) is 20.5 Å². The molecule has 8 nitrogen and oxygen atoms in total. The molecule has 0 aliphatic rings. The number of thiophene rings is 1. The zero-order valence-corrected chi connectivity index (χ0v) is 17.3. The lowest BCUT2D eigenvalue weighted by atomic mass is 10.2. The van der Waals surface area contributed by atoms with Gasteiger partial charge in [-0.2, -0.15) is 0 Å². The minimum Gasteiger partial charge on any atom is -0.465 e. The highest BCUT2D eigenvalue weighted by molar-refractivity contribution is 7.99. The molecule has 3 aromatic heterocycles. The van der Waals surface area contributed by atoms with Gasteiger partial charge in [0.15, 0.2) is 11.0 Å². The maximum atomic E-state index is 12.4. The molecule has 0 atom stereocenters. The van der Waals surface area contributed by atoms with Crippen molar-refractivity contribution >= 4 is 40.0 Å². The number of aromatic nitrogens is 4. The highest BCUT2D eigenvalue weighted by Crippen LogP contribution is 2.30. The molecule has 1 amide bonds. The lowest BCUT2D eigenvalue weighted by Gasteiger charge is -2.06. The molecule has 1 N–H and O–H groups in total. The number of hydrogen-bond acceptors (Lipinski definition) is 8. The summed E-state index contributed by atoms with van der Waals surface area (Å²) in [6.45, 7) is 1.99. The minimum atomic E-state index is -0.465. The normalized spacial score (nSPS) is 10.7. The van der Waals surface area contributed by atoms with Gasteiger partial charge in [-0.15, -0.1) is 21.5 Å². The van der Waals surface area contributed by atoms with Crippen molar-refractivity contribution in [2.75, 3.05) is 18.2 Å². The van der Waals surface area contributed by atoms with Crippen LogP contribution in [0.4, 0.5) is 5.00 Å². The van der Waals surface area contributed by atoms with Gasteiger partial charge >= 0.3 is 5.97 Å². The van der Waals surface area contributed by atoms with Crippen LogP contribution in [0.25, 0.3) is 11.4 Å². The van der Waals surface area contributed by atoms with Crippen LogP contribution in [0.3, 0.4) is 0 Å². The topological polar surface area (TPSA) is 99.0 Å². The van der Waals surface area contributed by atoms with Crippen molar-refractivity contribution in [1.29, 1.82) is 0 Å². The third kappa shape index (κ3) is 4.39. The third-order valence-electron chi connectivity index (χ3n) is 3.88. The second kappa shape index (κ2) is 8.98. The van der Waals surface area contributed by atoms with E-state index in [0.29, 0.717) is 21.5 Å². The van der Waals surface area contributed by atoms with Crippen LogP contribution in [0.1, 0.15) is 22.2 Å². The number of methoxy groups -OCH3 is 1. The average Bonchev–Trinajstić information content (AvgIpc) is 3.29. The summed E-state index contributed by atoms with van der Waals surface area (Å²) in [6.07, 6.45) is 4.17. The highest BCUT2D eigenvalue weighted by atomic mass is 32.2. The fraction of sp³-hybridized carbons (Fsp3) is 0.278. The number of thioether (sulfide) groups is 1. The molecule has 0 fully saturated rings. The predicted octanol–water partition coefficient (Wildman–Crippen LogP) is 3.02. The number of nitrogens with one attached hydrogen (secondary N) is 1. The van der Waals surface area contributed by atoms with E-state index in [9.17, 15) is 9.59 Å². The number of anilines is 1. The van der Waals surface area contributed by atoms with E-state index >= 15 is 0 Å². The van der Waals surface area contributed by atoms with Gasteiger partial charge in [0.1, 0.15) is 5.00 Å². The zero-order valence-electron chi connectivity index (χ0n) is 15.6. The summed E-state index contributed by atoms with van der Waals surface area (Å²) in [5.74, 6) is 0.118. The van der Waals surface area contributed by atoms with Crippen LogP contribution in [-0.2, 0) is 23.0 Å². The molecular weight excluding hydrogens is 398 g/mol. The van der Waals surface area contributed by atoms with E-state index in [1.807, 2.05) is 30.7 Å². The van der Waals surface area contributed by atoms with Gasteiger partial charge in [-0.25, -0.2) is 4.79 Å². The number of amides is 1. The number of carbonyl (C=O) groups is 2. The van der Waals surface area contributed by atoms with Crippen LogP contribution in [0.5, 0.6) is 0 Å². The lowest BCUT2D eigenvalue weighted by molar-refractivity contribution is -0.113. The smallest absolute Gasteiger partial charge is 0.340 e. The van der Waals surface area contributed by atoms with E-state index in [4.69, 9.17) is 4.74 Å². The summed E-state index contributed by atoms with van der Waals surface area (Å²) in [6, 6.07) is 5.48. The Hall–Kier alpha value is -2.72. The Morgan fingerprint density at radius 2 is 2.18 bits per heavy atom. The Labute approximate surface area is 170 Å². The van der Waals surface area contributed by atoms with Gasteiger partial charge in [0.05, 0.1) is 18.4 Å². The van der Waals surface area contributed by atoms with Crippen molar-refractivity contribution in [2.45, 2.75) is 18.5 Å². The van der Waals surface area contributed by atoms with Gasteiger partial charge in [0.2, 0.25) is 5.91 Å². The summed E-state index contributed by atoms with van der Waals surface area (Å²) < 4.78 is 6.61. The molecule has 0 unspecified atom stereocenters. The molecular formula is C18H19N5O3S2. The predicted molar refractivity (Wildman–Crippen MR) is 109 cm³/mol. The summed E-state index contributed by atoms with van der Waals surface area (Å²) >= 11 is 2.64. The first kappa shape index (κ1) is 20.0. The molecule has 3 rings (SSSR count). The summed E-state index contributed by atoms with van der Waals surface area (Å²) in [7, 11) is 3.16. The first-order valence-corrected chi connectivity index (χ1v) is 10.3. The minimum absolute atomic E-state index is 0.138. The number of aryl methyl sites for hydroxylation is 1. The Balaban J connectivity index is 1.67. The molecule has 10 heteroatoms. The number of ether oxygens (including phenoxy) is 1. The van der Waals surface area contributed by atoms with Crippen molar-refractivity contribution < 1.29 is 14.3 Å². The largest absolute Gasteiger partial charge is 0.465 e. The molecule has 0 saturated heterocycles. The highest BCUT2D eigenvalue weighted by Gasteiger charge is 2.19. The Morgan fingerprint density at radius 1 is 1.36 bits per heavy atom. The molecule has 0 aromatic carbocycles. The van der Waals surface area contributed by atoms with Gasteiger partial charge in [-0.05, 0) is 24.6 Å². The van der Waals surface area contributed by atoms with Crippen LogP contribution in [0, 0.1) is 0 Å². The van der Waals surface area contributed by atoms with E-state index < -0.39 is 5.97 Å². The quantitative estimate of drug-likeness (QED) is 0.466. The number of nitrogens with zero attached hydrogens (tertiary/aromatic N) is 4. The van der Waals surface area contributed by atoms with Crippen LogP contribution in [0.15, 0.2) is 35.7 Å². The van der Waals surface area contributed by atoms with Crippen LogP contribution >= 0.6 is 23.1 Å². The summed E-state index contributed by atoms with van der Waals surface area (Å²) in [5, 5.41) is 12.2. The molecule has 28 heavy (non-hydrogen) atoms. The molecule has 0 bridgehead atoms. The molecule has 146 valence electrons. The summed E-state index contributed by atoms with van der Waals surface area (Å²) in [5.41, 5.74) is 1.22. The Morgan fingerprint density at radius 3 is 2.86 bits per heavy atom. The van der Waals surface area contributed by atoms with E-state index in [1.54, 1.807) is 18.5 Å². The van der Waals surface area contributed by atoms with Crippen molar-refractivity contribution in [3.05, 3.63) is 41.0 Å². The second-order valence-electron chi connectivity index (χ2n) is 5.74. The average molecular weight is 418 g/mol. The van der Waals surface area contributed by atoms with Gasteiger partial charge in [0, 0.05) is 29.9 Å². The Kier molecular flexibility index (Phi) is 6.42. The molecule has 0 spiro atoms. The maximum absolute atomic E-state index is 12.4. The van der Waals surface area contributed by atoms with Gasteiger partial charge in [-0.1, -0.05) is 18.7 Å². The molecule has 0 radical (unpaired) electrons. The monoisotopic (exact) mass is 417 g/mol. The van der Waals surface area contributed by atoms with Gasteiger partial charge < -0.3 is 14.6 Å². The van der Waals surface area contributed by atoms with Crippen molar-refractivity contribution in [2.24, 2.45) is 7.05 Å². The maximum Gasteiger partial charge on any atom is 0.340 e. The zero-order chi connectivity index (χ0) is 20.1. The standard InChI is InChI=1S/C18H19N5O3S2/c1-4-12-8-13(17(25)26-3)16(28-12)20-14(24)10-27-18-22-21-15(23(18)2)11-6-5-7-19-9-11/h5-9H,4,10H2,1-3H3,(H,20,24). The van der Waals surface area contributed by atoms with E-state index in [-0.39, 0.29) is 11.7 Å². The molecule has 3 heterocycles. The van der Waals surface area contributed by atoms with Crippen LogP contribution in [0.2, 0.25) is 0 Å². The van der Waals surface area contributed by atoms with Crippen molar-refractivity contribution in [3.63, 3.8) is 0 Å². The van der Waals surface area contributed by atoms with Crippen molar-refractivity contribution in [1.82, 2.24) is 19.7 Å². The first-order valence-electron chi connectivity index (χ1n) is 8.47. The summed E-state index contributed by atoms with van der Waals surface area (Å²) in [4.78, 5) is 29.4. The number of rotatable bonds is 7. The molecule has 0 aliphatic carbocycles. The van der Waals surface area contributed by atoms with E-state index in [0.717, 1.165) is 16.9 Å². The van der Waals surface area contributed by atoms with E-state index in [1.165, 1.54) is 30.2 Å². The number of carbonyl (C=O) groups excluding carboxylic acids is 2. The lowest BCUT2D eigenvalue weighted by Crippen LogP contribution is -2.16. The molecule has 0 aliphatic heterocycles. The second-order valence-corrected chi connectivity index (χ2v) is 7.82.